The Morgan fingerprint density at radius 2 is 1.45 bits per heavy atom. The third-order valence-corrected chi connectivity index (χ3v) is 4.00. The van der Waals surface area contributed by atoms with Crippen LogP contribution in [0.4, 0.5) is 0 Å². The van der Waals surface area contributed by atoms with Gasteiger partial charge in [0.15, 0.2) is 5.78 Å². The first-order chi connectivity index (χ1) is 9.36. The van der Waals surface area contributed by atoms with E-state index in [1.807, 2.05) is 25.1 Å². The number of carbonyl (C=O) groups is 1. The average Bonchev–Trinajstić information content (AvgIpc) is 2.32. The van der Waals surface area contributed by atoms with Crippen molar-refractivity contribution in [1.82, 2.24) is 0 Å². The summed E-state index contributed by atoms with van der Waals surface area (Å²) in [4.78, 5) is 12.5. The summed E-state index contributed by atoms with van der Waals surface area (Å²) in [5.74, 6) is 0.171. The fraction of sp³-hybridized carbons (Fsp3) is 0.278. The Morgan fingerprint density at radius 1 is 0.900 bits per heavy atom. The second kappa shape index (κ2) is 5.92. The van der Waals surface area contributed by atoms with Crippen LogP contribution in [0.1, 0.15) is 38.2 Å². The van der Waals surface area contributed by atoms with Crippen LogP contribution in [0.15, 0.2) is 34.8 Å². The highest BCUT2D eigenvalue weighted by Crippen LogP contribution is 2.21. The van der Waals surface area contributed by atoms with Crippen LogP contribution in [0.3, 0.4) is 0 Å². The largest absolute Gasteiger partial charge is 0.294 e. The van der Waals surface area contributed by atoms with Crippen LogP contribution in [0, 0.1) is 27.7 Å². The third-order valence-electron chi connectivity index (χ3n) is 3.54. The van der Waals surface area contributed by atoms with Crippen molar-refractivity contribution in [3.63, 3.8) is 0 Å². The Kier molecular flexibility index (Phi) is 4.44. The zero-order valence-electron chi connectivity index (χ0n) is 12.4. The molecule has 0 N–H and O–H groups in total. The summed E-state index contributed by atoms with van der Waals surface area (Å²) in [6, 6.07) is 10.1. The molecule has 0 heterocycles. The molecular formula is C18H19BrO. The van der Waals surface area contributed by atoms with Crippen molar-refractivity contribution >= 4 is 21.7 Å². The molecule has 2 rings (SSSR count). The maximum atomic E-state index is 12.5. The smallest absolute Gasteiger partial charge is 0.167 e. The number of hydrogen-bond donors (Lipinski definition) is 0. The summed E-state index contributed by atoms with van der Waals surface area (Å²) in [6.07, 6.45) is 0.466. The zero-order chi connectivity index (χ0) is 14.9. The van der Waals surface area contributed by atoms with Crippen LogP contribution in [-0.2, 0) is 6.42 Å². The number of halogens is 1. The van der Waals surface area contributed by atoms with Gasteiger partial charge >= 0.3 is 0 Å². The second-order valence-electron chi connectivity index (χ2n) is 5.49. The molecule has 0 atom stereocenters. The van der Waals surface area contributed by atoms with Crippen LogP contribution in [0.2, 0.25) is 0 Å². The van der Waals surface area contributed by atoms with E-state index in [1.165, 1.54) is 16.7 Å². The standard InChI is InChI=1S/C18H19BrO/c1-11-5-13(3)17(14(4)6-11)10-18(20)15-7-12(2)8-16(19)9-15/h5-9H,10H2,1-4H3. The lowest BCUT2D eigenvalue weighted by Gasteiger charge is -2.11. The summed E-state index contributed by atoms with van der Waals surface area (Å²) in [5, 5.41) is 0. The predicted octanol–water partition coefficient (Wildman–Crippen LogP) is 5.11. The van der Waals surface area contributed by atoms with Crippen molar-refractivity contribution in [2.24, 2.45) is 0 Å². The maximum Gasteiger partial charge on any atom is 0.167 e. The SMILES string of the molecule is Cc1cc(Br)cc(C(=O)Cc2c(C)cc(C)cc2C)c1. The van der Waals surface area contributed by atoms with Gasteiger partial charge in [-0.2, -0.15) is 0 Å². The molecule has 2 aromatic carbocycles. The molecule has 0 aliphatic rings. The van der Waals surface area contributed by atoms with Crippen molar-refractivity contribution in [1.29, 1.82) is 0 Å². The Labute approximate surface area is 129 Å². The highest BCUT2D eigenvalue weighted by Gasteiger charge is 2.12. The number of benzene rings is 2. The van der Waals surface area contributed by atoms with E-state index in [-0.39, 0.29) is 5.78 Å². The molecule has 0 aromatic heterocycles. The summed E-state index contributed by atoms with van der Waals surface area (Å²) >= 11 is 3.45. The molecule has 0 aliphatic heterocycles. The molecule has 0 saturated carbocycles. The lowest BCUT2D eigenvalue weighted by Crippen LogP contribution is -2.07. The van der Waals surface area contributed by atoms with Gasteiger partial charge in [0.05, 0.1) is 0 Å². The molecule has 0 amide bonds. The molecule has 20 heavy (non-hydrogen) atoms. The van der Waals surface area contributed by atoms with Gasteiger partial charge in [-0.15, -0.1) is 0 Å². The molecule has 0 fully saturated rings. The van der Waals surface area contributed by atoms with E-state index in [1.54, 1.807) is 0 Å². The topological polar surface area (TPSA) is 17.1 Å². The van der Waals surface area contributed by atoms with Gasteiger partial charge < -0.3 is 0 Å². The molecule has 0 spiro atoms. The van der Waals surface area contributed by atoms with E-state index in [0.717, 1.165) is 21.2 Å². The van der Waals surface area contributed by atoms with Gasteiger partial charge in [0, 0.05) is 16.5 Å². The Hall–Kier alpha value is -1.41. The fourth-order valence-corrected chi connectivity index (χ4v) is 3.26. The van der Waals surface area contributed by atoms with E-state index in [9.17, 15) is 4.79 Å². The summed E-state index contributed by atoms with van der Waals surface area (Å²) in [6.45, 7) is 8.25. The van der Waals surface area contributed by atoms with E-state index in [2.05, 4.69) is 48.8 Å². The third kappa shape index (κ3) is 3.37. The number of ketones is 1. The first-order valence-electron chi connectivity index (χ1n) is 6.74. The van der Waals surface area contributed by atoms with Gasteiger partial charge in [-0.25, -0.2) is 0 Å². The first kappa shape index (κ1) is 15.0. The number of carbonyl (C=O) groups excluding carboxylic acids is 1. The van der Waals surface area contributed by atoms with Crippen LogP contribution in [0.25, 0.3) is 0 Å². The fourth-order valence-electron chi connectivity index (χ4n) is 2.65. The molecule has 0 bridgehead atoms. The summed E-state index contributed by atoms with van der Waals surface area (Å²) in [5.41, 5.74) is 6.66. The monoisotopic (exact) mass is 330 g/mol. The van der Waals surface area contributed by atoms with Crippen molar-refractivity contribution in [3.05, 3.63) is 68.2 Å². The van der Waals surface area contributed by atoms with E-state index in [0.29, 0.717) is 6.42 Å². The highest BCUT2D eigenvalue weighted by atomic mass is 79.9. The Morgan fingerprint density at radius 3 is 2.00 bits per heavy atom. The maximum absolute atomic E-state index is 12.5. The summed E-state index contributed by atoms with van der Waals surface area (Å²) in [7, 11) is 0. The van der Waals surface area contributed by atoms with Crippen LogP contribution >= 0.6 is 15.9 Å². The normalized spacial score (nSPS) is 10.7. The molecule has 1 nitrogen and oxygen atoms in total. The molecule has 0 aliphatic carbocycles. The number of hydrogen-bond acceptors (Lipinski definition) is 1. The molecule has 0 unspecified atom stereocenters. The lowest BCUT2D eigenvalue weighted by atomic mass is 9.93. The summed E-state index contributed by atoms with van der Waals surface area (Å²) < 4.78 is 0.957. The quantitative estimate of drug-likeness (QED) is 0.715. The van der Waals surface area contributed by atoms with E-state index >= 15 is 0 Å². The van der Waals surface area contributed by atoms with Crippen molar-refractivity contribution < 1.29 is 4.79 Å². The van der Waals surface area contributed by atoms with Crippen LogP contribution in [0.5, 0.6) is 0 Å². The van der Waals surface area contributed by atoms with Gasteiger partial charge in [0.1, 0.15) is 0 Å². The van der Waals surface area contributed by atoms with Gasteiger partial charge in [-0.3, -0.25) is 4.79 Å². The highest BCUT2D eigenvalue weighted by molar-refractivity contribution is 9.10. The molecule has 2 heteroatoms. The minimum absolute atomic E-state index is 0.171. The van der Waals surface area contributed by atoms with Gasteiger partial charge in [0.2, 0.25) is 0 Å². The second-order valence-corrected chi connectivity index (χ2v) is 6.41. The number of Topliss-reactive ketones (excluding diaryl/α,β-unsaturated/α-hetero) is 1. The van der Waals surface area contributed by atoms with Crippen molar-refractivity contribution in [2.75, 3.05) is 0 Å². The average molecular weight is 331 g/mol. The van der Waals surface area contributed by atoms with Crippen LogP contribution < -0.4 is 0 Å². The van der Waals surface area contributed by atoms with E-state index in [4.69, 9.17) is 0 Å². The number of aryl methyl sites for hydroxylation is 4. The zero-order valence-corrected chi connectivity index (χ0v) is 14.0. The molecule has 104 valence electrons. The van der Waals surface area contributed by atoms with Crippen molar-refractivity contribution in [2.45, 2.75) is 34.1 Å². The molecule has 0 radical (unpaired) electrons. The van der Waals surface area contributed by atoms with Crippen molar-refractivity contribution in [3.8, 4) is 0 Å². The lowest BCUT2D eigenvalue weighted by molar-refractivity contribution is 0.0992. The Balaban J connectivity index is 2.32. The molecular weight excluding hydrogens is 312 g/mol. The van der Waals surface area contributed by atoms with Gasteiger partial charge in [0.25, 0.3) is 0 Å². The molecule has 0 saturated heterocycles. The van der Waals surface area contributed by atoms with Gasteiger partial charge in [-0.05, 0) is 68.1 Å². The Bertz CT molecular complexity index is 628. The minimum Gasteiger partial charge on any atom is -0.294 e. The van der Waals surface area contributed by atoms with Gasteiger partial charge in [-0.1, -0.05) is 33.6 Å². The minimum atomic E-state index is 0.171. The molecule has 2 aromatic rings. The van der Waals surface area contributed by atoms with Crippen LogP contribution in [-0.4, -0.2) is 5.78 Å². The predicted molar refractivity (Wildman–Crippen MR) is 87.6 cm³/mol. The number of rotatable bonds is 3. The first-order valence-corrected chi connectivity index (χ1v) is 7.53. The van der Waals surface area contributed by atoms with E-state index < -0.39 is 0 Å².